The first kappa shape index (κ1) is 23.4. The molecule has 3 rings (SSSR count). The molecule has 1 unspecified atom stereocenters. The van der Waals surface area contributed by atoms with Crippen molar-refractivity contribution in [3.05, 3.63) is 59.7 Å². The summed E-state index contributed by atoms with van der Waals surface area (Å²) in [6, 6.07) is 6.57. The molecule has 0 radical (unpaired) electrons. The van der Waals surface area contributed by atoms with E-state index >= 15 is 0 Å². The molecule has 170 valence electrons. The van der Waals surface area contributed by atoms with E-state index in [0.717, 1.165) is 40.7 Å². The van der Waals surface area contributed by atoms with E-state index < -0.39 is 45.0 Å². The Labute approximate surface area is 176 Å². The van der Waals surface area contributed by atoms with E-state index in [0.29, 0.717) is 6.92 Å². The molecule has 1 aliphatic rings. The highest BCUT2D eigenvalue weighted by atomic mass is 32.2. The number of hydrogen-bond acceptors (Lipinski definition) is 4. The first-order chi connectivity index (χ1) is 14.2. The quantitative estimate of drug-likeness (QED) is 0.703. The summed E-state index contributed by atoms with van der Waals surface area (Å²) in [5.41, 5.74) is -3.68. The van der Waals surface area contributed by atoms with Crippen LogP contribution in [0.1, 0.15) is 19.4 Å². The van der Waals surface area contributed by atoms with Crippen LogP contribution >= 0.6 is 0 Å². The Morgan fingerprint density at radius 3 is 2.32 bits per heavy atom. The predicted molar refractivity (Wildman–Crippen MR) is 104 cm³/mol. The predicted octanol–water partition coefficient (Wildman–Crippen LogP) is 3.63. The highest BCUT2D eigenvalue weighted by molar-refractivity contribution is 7.89. The van der Waals surface area contributed by atoms with Gasteiger partial charge in [-0.2, -0.15) is 17.5 Å². The van der Waals surface area contributed by atoms with Gasteiger partial charge in [0.1, 0.15) is 11.6 Å². The van der Waals surface area contributed by atoms with Crippen molar-refractivity contribution in [2.24, 2.45) is 0 Å². The van der Waals surface area contributed by atoms with E-state index in [1.807, 2.05) is 0 Å². The minimum Gasteiger partial charge on any atom is -0.376 e. The molecule has 0 spiro atoms. The number of anilines is 1. The number of alkyl halides is 3. The molecular formula is C20H21F5N2O3S. The van der Waals surface area contributed by atoms with Crippen LogP contribution in [0.4, 0.5) is 27.6 Å². The average Bonchev–Trinajstić information content (AvgIpc) is 2.67. The molecule has 1 fully saturated rings. The van der Waals surface area contributed by atoms with Gasteiger partial charge < -0.3 is 10.0 Å². The number of aliphatic hydroxyl groups is 1. The second-order valence-electron chi connectivity index (χ2n) is 7.60. The molecule has 1 saturated heterocycles. The van der Waals surface area contributed by atoms with Crippen LogP contribution in [-0.4, -0.2) is 49.7 Å². The molecule has 0 saturated carbocycles. The van der Waals surface area contributed by atoms with E-state index in [2.05, 4.69) is 0 Å². The third kappa shape index (κ3) is 4.39. The summed E-state index contributed by atoms with van der Waals surface area (Å²) in [7, 11) is -4.19. The van der Waals surface area contributed by atoms with E-state index in [9.17, 15) is 35.5 Å². The monoisotopic (exact) mass is 464 g/mol. The zero-order chi connectivity index (χ0) is 23.2. The van der Waals surface area contributed by atoms with E-state index in [1.165, 1.54) is 6.07 Å². The van der Waals surface area contributed by atoms with Gasteiger partial charge in [-0.05, 0) is 43.7 Å². The van der Waals surface area contributed by atoms with Crippen molar-refractivity contribution in [2.45, 2.75) is 36.6 Å². The second kappa shape index (κ2) is 8.03. The number of sulfonamides is 1. The minimum atomic E-state index is -4.99. The lowest BCUT2D eigenvalue weighted by Gasteiger charge is -2.40. The molecule has 5 nitrogen and oxygen atoms in total. The third-order valence-corrected chi connectivity index (χ3v) is 7.38. The summed E-state index contributed by atoms with van der Waals surface area (Å²) in [5, 5.41) is 9.88. The topological polar surface area (TPSA) is 60.9 Å². The fourth-order valence-corrected chi connectivity index (χ4v) is 5.17. The zero-order valence-corrected chi connectivity index (χ0v) is 17.5. The summed E-state index contributed by atoms with van der Waals surface area (Å²) in [6.07, 6.45) is -4.99. The number of hydrogen-bond donors (Lipinski definition) is 1. The number of rotatable bonds is 4. The van der Waals surface area contributed by atoms with Crippen LogP contribution in [-0.2, 0) is 15.6 Å². The van der Waals surface area contributed by atoms with Crippen molar-refractivity contribution in [1.82, 2.24) is 4.31 Å². The van der Waals surface area contributed by atoms with E-state index in [-0.39, 0.29) is 30.2 Å². The maximum atomic E-state index is 14.1. The molecule has 2 atom stereocenters. The molecule has 0 aromatic heterocycles. The fourth-order valence-electron chi connectivity index (χ4n) is 3.51. The summed E-state index contributed by atoms with van der Waals surface area (Å²) in [5.74, 6) is -1.50. The number of nitrogens with zero attached hydrogens (tertiary/aromatic N) is 2. The smallest absolute Gasteiger partial charge is 0.376 e. The van der Waals surface area contributed by atoms with Crippen molar-refractivity contribution in [3.8, 4) is 0 Å². The first-order valence-corrected chi connectivity index (χ1v) is 10.8. The van der Waals surface area contributed by atoms with Crippen molar-refractivity contribution < 1.29 is 35.5 Å². The van der Waals surface area contributed by atoms with Gasteiger partial charge >= 0.3 is 6.18 Å². The lowest BCUT2D eigenvalue weighted by atomic mass is 9.96. The van der Waals surface area contributed by atoms with Gasteiger partial charge in [0, 0.05) is 31.7 Å². The van der Waals surface area contributed by atoms with Crippen LogP contribution in [0.2, 0.25) is 0 Å². The average molecular weight is 464 g/mol. The molecular weight excluding hydrogens is 443 g/mol. The lowest BCUT2D eigenvalue weighted by Crippen LogP contribution is -2.54. The SMILES string of the molecule is C[C@@H]1CN(c2ccc(F)cc2F)CCN1S(=O)(=O)c1cccc(C(C)(O)C(F)(F)F)c1. The Kier molecular flexibility index (Phi) is 6.07. The minimum absolute atomic E-state index is 0.0553. The van der Waals surface area contributed by atoms with Crippen molar-refractivity contribution >= 4 is 15.7 Å². The van der Waals surface area contributed by atoms with Crippen LogP contribution in [0.25, 0.3) is 0 Å². The molecule has 31 heavy (non-hydrogen) atoms. The molecule has 2 aromatic rings. The molecule has 0 bridgehead atoms. The van der Waals surface area contributed by atoms with Crippen LogP contribution in [0, 0.1) is 11.6 Å². The Morgan fingerprint density at radius 1 is 1.06 bits per heavy atom. The molecule has 1 N–H and O–H groups in total. The Balaban J connectivity index is 1.86. The molecule has 0 aliphatic carbocycles. The van der Waals surface area contributed by atoms with Crippen molar-refractivity contribution in [1.29, 1.82) is 0 Å². The summed E-state index contributed by atoms with van der Waals surface area (Å²) in [4.78, 5) is 1.19. The zero-order valence-electron chi connectivity index (χ0n) is 16.7. The van der Waals surface area contributed by atoms with Gasteiger partial charge in [-0.1, -0.05) is 12.1 Å². The molecule has 0 amide bonds. The Hall–Kier alpha value is -2.24. The fraction of sp³-hybridized carbons (Fsp3) is 0.400. The van der Waals surface area contributed by atoms with E-state index in [4.69, 9.17) is 0 Å². The maximum Gasteiger partial charge on any atom is 0.421 e. The van der Waals surface area contributed by atoms with Crippen LogP contribution < -0.4 is 4.90 Å². The summed E-state index contributed by atoms with van der Waals surface area (Å²) >= 11 is 0. The van der Waals surface area contributed by atoms with E-state index in [1.54, 1.807) is 11.8 Å². The molecule has 1 aliphatic heterocycles. The largest absolute Gasteiger partial charge is 0.421 e. The highest BCUT2D eigenvalue weighted by Gasteiger charge is 2.51. The normalized spacial score (nSPS) is 20.5. The Bertz CT molecular complexity index is 1070. The van der Waals surface area contributed by atoms with Gasteiger partial charge in [0.05, 0.1) is 10.6 Å². The van der Waals surface area contributed by atoms with Gasteiger partial charge in [0.2, 0.25) is 10.0 Å². The third-order valence-electron chi connectivity index (χ3n) is 5.37. The van der Waals surface area contributed by atoms with Gasteiger partial charge in [0.25, 0.3) is 0 Å². The van der Waals surface area contributed by atoms with Crippen LogP contribution in [0.3, 0.4) is 0 Å². The second-order valence-corrected chi connectivity index (χ2v) is 9.49. The molecule has 1 heterocycles. The summed E-state index contributed by atoms with van der Waals surface area (Å²) in [6.45, 7) is 2.28. The van der Waals surface area contributed by atoms with Crippen LogP contribution in [0.15, 0.2) is 47.4 Å². The van der Waals surface area contributed by atoms with Gasteiger partial charge in [-0.25, -0.2) is 17.2 Å². The molecule has 11 heteroatoms. The first-order valence-electron chi connectivity index (χ1n) is 9.36. The lowest BCUT2D eigenvalue weighted by molar-refractivity contribution is -0.258. The maximum absolute atomic E-state index is 14.1. The van der Waals surface area contributed by atoms with Gasteiger partial charge in [-0.15, -0.1) is 0 Å². The standard InChI is InChI=1S/C20H21F5N2O3S/c1-13-12-26(18-7-6-15(21)11-17(18)22)8-9-27(13)31(29,30)16-5-3-4-14(10-16)19(2,28)20(23,24)25/h3-7,10-11,13,28H,8-9,12H2,1-2H3/t13-,19?/m1/s1. The summed E-state index contributed by atoms with van der Waals surface area (Å²) < 4.78 is 94.0. The highest BCUT2D eigenvalue weighted by Crippen LogP contribution is 2.39. The molecule has 2 aromatic carbocycles. The Morgan fingerprint density at radius 2 is 1.74 bits per heavy atom. The number of benzene rings is 2. The number of piperazine rings is 1. The van der Waals surface area contributed by atoms with Crippen molar-refractivity contribution in [2.75, 3.05) is 24.5 Å². The van der Waals surface area contributed by atoms with Gasteiger partial charge in [0.15, 0.2) is 5.60 Å². The number of halogens is 5. The van der Waals surface area contributed by atoms with Gasteiger partial charge in [-0.3, -0.25) is 0 Å². The van der Waals surface area contributed by atoms with Crippen molar-refractivity contribution in [3.63, 3.8) is 0 Å². The van der Waals surface area contributed by atoms with Crippen LogP contribution in [0.5, 0.6) is 0 Å².